The second-order valence-electron chi connectivity index (χ2n) is 6.58. The molecule has 26 heavy (non-hydrogen) atoms. The Labute approximate surface area is 158 Å². The van der Waals surface area contributed by atoms with Crippen LogP contribution >= 0.6 is 0 Å². The lowest BCUT2D eigenvalue weighted by molar-refractivity contribution is 0.198. The van der Waals surface area contributed by atoms with Crippen molar-refractivity contribution in [1.82, 2.24) is 0 Å². The van der Waals surface area contributed by atoms with Crippen LogP contribution in [0.25, 0.3) is 0 Å². The van der Waals surface area contributed by atoms with Gasteiger partial charge in [0, 0.05) is 0 Å². The molecule has 4 heteroatoms. The second kappa shape index (κ2) is 9.22. The zero-order valence-corrected chi connectivity index (χ0v) is 16.7. The van der Waals surface area contributed by atoms with Gasteiger partial charge in [0.2, 0.25) is 0 Å². The van der Waals surface area contributed by atoms with E-state index in [0.29, 0.717) is 30.1 Å². The van der Waals surface area contributed by atoms with E-state index in [-0.39, 0.29) is 0 Å². The van der Waals surface area contributed by atoms with Gasteiger partial charge < -0.3 is 4.74 Å². The first-order chi connectivity index (χ1) is 12.5. The molecule has 0 amide bonds. The Hall–Kier alpha value is -1.81. The minimum atomic E-state index is -3.52. The van der Waals surface area contributed by atoms with Crippen LogP contribution in [0.1, 0.15) is 52.4 Å². The minimum absolute atomic E-state index is 0.378. The first kappa shape index (κ1) is 20.5. The maximum atomic E-state index is 13.5. The lowest BCUT2D eigenvalue weighted by Gasteiger charge is -2.32. The number of rotatable bonds is 10. The van der Waals surface area contributed by atoms with Crippen LogP contribution < -0.4 is 0 Å². The van der Waals surface area contributed by atoms with Crippen molar-refractivity contribution in [2.45, 2.75) is 62.0 Å². The molecule has 1 aliphatic rings. The molecule has 3 nitrogen and oxygen atoms in total. The van der Waals surface area contributed by atoms with Gasteiger partial charge in [-0.15, -0.1) is 0 Å². The van der Waals surface area contributed by atoms with E-state index in [1.165, 1.54) is 5.57 Å². The average Bonchev–Trinajstić information content (AvgIpc) is 3.07. The van der Waals surface area contributed by atoms with Crippen molar-refractivity contribution in [1.29, 1.82) is 0 Å². The predicted octanol–water partition coefficient (Wildman–Crippen LogP) is 5.61. The normalized spacial score (nSPS) is 20.7. The van der Waals surface area contributed by atoms with Crippen molar-refractivity contribution in [3.05, 3.63) is 66.5 Å². The first-order valence-corrected chi connectivity index (χ1v) is 10.9. The van der Waals surface area contributed by atoms with Gasteiger partial charge in [0.1, 0.15) is 10.5 Å². The monoisotopic (exact) mass is 374 g/mol. The van der Waals surface area contributed by atoms with Crippen LogP contribution in [0.15, 0.2) is 71.4 Å². The summed E-state index contributed by atoms with van der Waals surface area (Å²) in [6.45, 7) is 8.31. The van der Waals surface area contributed by atoms with Crippen LogP contribution in [0.4, 0.5) is 0 Å². The number of benzene rings is 1. The molecule has 0 aliphatic heterocycles. The molecule has 0 saturated carbocycles. The van der Waals surface area contributed by atoms with Gasteiger partial charge in [-0.2, -0.15) is 0 Å². The van der Waals surface area contributed by atoms with Crippen molar-refractivity contribution in [3.8, 4) is 0 Å². The Morgan fingerprint density at radius 3 is 2.62 bits per heavy atom. The summed E-state index contributed by atoms with van der Waals surface area (Å²) in [5.41, 5.74) is 1.21. The highest BCUT2D eigenvalue weighted by atomic mass is 32.2. The largest absolute Gasteiger partial charge is 0.497 e. The van der Waals surface area contributed by atoms with Gasteiger partial charge in [0.15, 0.2) is 9.84 Å². The van der Waals surface area contributed by atoms with E-state index in [9.17, 15) is 8.42 Å². The number of sulfone groups is 1. The summed E-state index contributed by atoms with van der Waals surface area (Å²) >= 11 is 0. The van der Waals surface area contributed by atoms with Crippen LogP contribution in [0.3, 0.4) is 0 Å². The van der Waals surface area contributed by atoms with E-state index in [1.807, 2.05) is 25.1 Å². The van der Waals surface area contributed by atoms with E-state index in [4.69, 9.17) is 4.74 Å². The van der Waals surface area contributed by atoms with Crippen molar-refractivity contribution < 1.29 is 13.2 Å². The summed E-state index contributed by atoms with van der Waals surface area (Å²) in [5, 5.41) is 0. The molecule has 0 unspecified atom stereocenters. The van der Waals surface area contributed by atoms with E-state index in [1.54, 1.807) is 24.3 Å². The summed E-state index contributed by atoms with van der Waals surface area (Å²) in [6, 6.07) is 8.77. The zero-order valence-electron chi connectivity index (χ0n) is 15.9. The topological polar surface area (TPSA) is 43.4 Å². The molecule has 1 aromatic carbocycles. The van der Waals surface area contributed by atoms with E-state index < -0.39 is 14.6 Å². The minimum Gasteiger partial charge on any atom is -0.497 e. The number of ether oxygens (including phenoxy) is 1. The van der Waals surface area contributed by atoms with E-state index >= 15 is 0 Å². The molecular formula is C22H30O3S. The zero-order chi connectivity index (χ0) is 19.0. The second-order valence-corrected chi connectivity index (χ2v) is 8.84. The Balaban J connectivity index is 2.31. The van der Waals surface area contributed by atoms with Crippen LogP contribution in [-0.2, 0) is 14.6 Å². The van der Waals surface area contributed by atoms with Gasteiger partial charge in [-0.3, -0.25) is 0 Å². The fourth-order valence-corrected chi connectivity index (χ4v) is 5.79. The molecule has 142 valence electrons. The highest BCUT2D eigenvalue weighted by molar-refractivity contribution is 7.93. The summed E-state index contributed by atoms with van der Waals surface area (Å²) in [5.74, 6) is 0.632. The summed E-state index contributed by atoms with van der Waals surface area (Å²) in [6.07, 6.45) is 10.5. The molecule has 0 heterocycles. The predicted molar refractivity (Wildman–Crippen MR) is 108 cm³/mol. The fraction of sp³-hybridized carbons (Fsp3) is 0.455. The number of unbranched alkanes of at least 4 members (excludes halogenated alkanes) is 1. The maximum Gasteiger partial charge on any atom is 0.191 e. The SMILES string of the molecule is C=C/C(=C\CCC[C@]1(S(=O)(=O)c2ccccc2)CCC=C1OCC)CC. The molecule has 0 saturated heterocycles. The Morgan fingerprint density at radius 1 is 1.27 bits per heavy atom. The molecular weight excluding hydrogens is 344 g/mol. The van der Waals surface area contributed by atoms with Gasteiger partial charge in [0.05, 0.1) is 11.5 Å². The average molecular weight is 375 g/mol. The summed E-state index contributed by atoms with van der Waals surface area (Å²) < 4.78 is 31.9. The molecule has 1 atom stereocenters. The van der Waals surface area contributed by atoms with Gasteiger partial charge in [-0.05, 0) is 63.7 Å². The van der Waals surface area contributed by atoms with Crippen LogP contribution in [0.5, 0.6) is 0 Å². The van der Waals surface area contributed by atoms with Gasteiger partial charge >= 0.3 is 0 Å². The number of hydrogen-bond donors (Lipinski definition) is 0. The van der Waals surface area contributed by atoms with E-state index in [0.717, 1.165) is 25.7 Å². The van der Waals surface area contributed by atoms with Crippen LogP contribution in [0, 0.1) is 0 Å². The standard InChI is InChI=1S/C22H30O3S/c1-4-19(5-2)13-10-11-17-22(18-12-16-21(22)25-6-3)26(23,24)20-14-8-7-9-15-20/h4,7-9,13-16H,1,5-6,10-12,17-18H2,2-3H3/b19-13+/t22-/m0/s1. The first-order valence-electron chi connectivity index (χ1n) is 9.46. The Kier molecular flexibility index (Phi) is 7.27. The molecule has 0 aromatic heterocycles. The summed E-state index contributed by atoms with van der Waals surface area (Å²) in [4.78, 5) is 0.378. The number of hydrogen-bond acceptors (Lipinski definition) is 3. The third-order valence-electron chi connectivity index (χ3n) is 5.06. The summed E-state index contributed by atoms with van der Waals surface area (Å²) in [7, 11) is -3.52. The third kappa shape index (κ3) is 4.12. The number of allylic oxidation sites excluding steroid dienone is 4. The van der Waals surface area contributed by atoms with Crippen molar-refractivity contribution in [2.75, 3.05) is 6.61 Å². The molecule has 2 rings (SSSR count). The Bertz CT molecular complexity index is 760. The molecule has 0 radical (unpaired) electrons. The van der Waals surface area contributed by atoms with E-state index in [2.05, 4.69) is 19.6 Å². The fourth-order valence-electron chi connectivity index (χ4n) is 3.61. The smallest absolute Gasteiger partial charge is 0.191 e. The van der Waals surface area contributed by atoms with Gasteiger partial charge in [-0.25, -0.2) is 8.42 Å². The molecule has 0 bridgehead atoms. The highest BCUT2D eigenvalue weighted by Crippen LogP contribution is 2.45. The molecule has 1 aliphatic carbocycles. The molecule has 1 aromatic rings. The van der Waals surface area contributed by atoms with Crippen molar-refractivity contribution in [2.24, 2.45) is 0 Å². The molecule has 0 N–H and O–H groups in total. The third-order valence-corrected chi connectivity index (χ3v) is 7.59. The molecule has 0 fully saturated rings. The van der Waals surface area contributed by atoms with Crippen molar-refractivity contribution >= 4 is 9.84 Å². The van der Waals surface area contributed by atoms with Crippen molar-refractivity contribution in [3.63, 3.8) is 0 Å². The van der Waals surface area contributed by atoms with Gasteiger partial charge in [0.25, 0.3) is 0 Å². The molecule has 0 spiro atoms. The highest BCUT2D eigenvalue weighted by Gasteiger charge is 2.50. The lowest BCUT2D eigenvalue weighted by atomic mass is 9.98. The van der Waals surface area contributed by atoms with Crippen LogP contribution in [-0.4, -0.2) is 19.8 Å². The van der Waals surface area contributed by atoms with Gasteiger partial charge in [-0.1, -0.05) is 49.4 Å². The lowest BCUT2D eigenvalue weighted by Crippen LogP contribution is -2.39. The Morgan fingerprint density at radius 2 is 2.00 bits per heavy atom. The maximum absolute atomic E-state index is 13.5. The quantitative estimate of drug-likeness (QED) is 0.395. The van der Waals surface area contributed by atoms with Crippen LogP contribution in [0.2, 0.25) is 0 Å².